The van der Waals surface area contributed by atoms with Gasteiger partial charge in [0.2, 0.25) is 0 Å². The van der Waals surface area contributed by atoms with Gasteiger partial charge in [0.15, 0.2) is 0 Å². The maximum absolute atomic E-state index is 10.9. The van der Waals surface area contributed by atoms with E-state index in [4.69, 9.17) is 16.7 Å². The van der Waals surface area contributed by atoms with Gasteiger partial charge in [-0.15, -0.1) is 11.6 Å². The number of carbonyl (C=O) groups is 1. The van der Waals surface area contributed by atoms with Crippen molar-refractivity contribution in [3.63, 3.8) is 0 Å². The Morgan fingerprint density at radius 2 is 2.16 bits per heavy atom. The predicted molar refractivity (Wildman–Crippen MR) is 77.5 cm³/mol. The van der Waals surface area contributed by atoms with E-state index in [1.54, 1.807) is 0 Å². The molecule has 0 spiro atoms. The first-order valence-corrected chi connectivity index (χ1v) is 6.59. The smallest absolute Gasteiger partial charge is 0.409 e. The van der Waals surface area contributed by atoms with Crippen LogP contribution in [-0.2, 0) is 0 Å². The highest BCUT2D eigenvalue weighted by Gasteiger charge is 2.25. The standard InChI is InChI=1S/C14H13ClN2O2/c15-6-8-7-16-12-5-11(17-14(18)19)9-3-1-2-4-10(9)13(8)12/h1-5,8,16-17H,6-7H2,(H,18,19). The van der Waals surface area contributed by atoms with Crippen LogP contribution in [0.3, 0.4) is 0 Å². The largest absolute Gasteiger partial charge is 0.465 e. The lowest BCUT2D eigenvalue weighted by molar-refractivity contribution is 0.210. The monoisotopic (exact) mass is 276 g/mol. The van der Waals surface area contributed by atoms with Crippen LogP contribution in [0.15, 0.2) is 30.3 Å². The summed E-state index contributed by atoms with van der Waals surface area (Å²) in [4.78, 5) is 10.9. The molecule has 1 amide bonds. The van der Waals surface area contributed by atoms with Crippen LogP contribution in [0, 0.1) is 0 Å². The second kappa shape index (κ2) is 4.63. The first-order chi connectivity index (χ1) is 9.20. The summed E-state index contributed by atoms with van der Waals surface area (Å²) < 4.78 is 0. The second-order valence-electron chi connectivity index (χ2n) is 4.59. The molecular formula is C14H13ClN2O2. The number of anilines is 2. The molecule has 0 fully saturated rings. The number of hydrogen-bond acceptors (Lipinski definition) is 2. The van der Waals surface area contributed by atoms with Gasteiger partial charge in [-0.05, 0) is 17.0 Å². The van der Waals surface area contributed by atoms with Gasteiger partial charge in [-0.25, -0.2) is 4.79 Å². The average molecular weight is 277 g/mol. The van der Waals surface area contributed by atoms with Gasteiger partial charge in [0.05, 0.1) is 5.69 Å². The third-order valence-corrected chi connectivity index (χ3v) is 3.83. The van der Waals surface area contributed by atoms with E-state index < -0.39 is 6.09 Å². The summed E-state index contributed by atoms with van der Waals surface area (Å²) in [6.45, 7) is 0.791. The molecule has 0 radical (unpaired) electrons. The Kier molecular flexibility index (Phi) is 2.95. The van der Waals surface area contributed by atoms with Crippen molar-refractivity contribution in [3.05, 3.63) is 35.9 Å². The van der Waals surface area contributed by atoms with Crippen molar-refractivity contribution in [3.8, 4) is 0 Å². The van der Waals surface area contributed by atoms with Gasteiger partial charge in [-0.2, -0.15) is 0 Å². The number of carboxylic acid groups (broad SMARTS) is 1. The fourth-order valence-electron chi connectivity index (χ4n) is 2.67. The fraction of sp³-hybridized carbons (Fsp3) is 0.214. The van der Waals surface area contributed by atoms with Gasteiger partial charge in [0.25, 0.3) is 0 Å². The molecule has 1 heterocycles. The third kappa shape index (κ3) is 1.98. The molecular weight excluding hydrogens is 264 g/mol. The van der Waals surface area contributed by atoms with Gasteiger partial charge in [0, 0.05) is 29.4 Å². The van der Waals surface area contributed by atoms with E-state index in [2.05, 4.69) is 10.6 Å². The van der Waals surface area contributed by atoms with Gasteiger partial charge < -0.3 is 10.4 Å². The van der Waals surface area contributed by atoms with Crippen molar-refractivity contribution in [1.29, 1.82) is 0 Å². The molecule has 0 aromatic heterocycles. The van der Waals surface area contributed by atoms with Crippen molar-refractivity contribution in [2.75, 3.05) is 23.1 Å². The first-order valence-electron chi connectivity index (χ1n) is 6.06. The molecule has 0 bridgehead atoms. The van der Waals surface area contributed by atoms with Crippen LogP contribution in [0.5, 0.6) is 0 Å². The van der Waals surface area contributed by atoms with Crippen molar-refractivity contribution in [2.24, 2.45) is 0 Å². The molecule has 2 aromatic carbocycles. The van der Waals surface area contributed by atoms with Crippen molar-refractivity contribution in [1.82, 2.24) is 0 Å². The summed E-state index contributed by atoms with van der Waals surface area (Å²) in [5.74, 6) is 0.816. The van der Waals surface area contributed by atoms with Gasteiger partial charge in [0.1, 0.15) is 0 Å². The van der Waals surface area contributed by atoms with E-state index in [0.29, 0.717) is 11.6 Å². The van der Waals surface area contributed by atoms with E-state index in [-0.39, 0.29) is 5.92 Å². The average Bonchev–Trinajstić information content (AvgIpc) is 2.81. The lowest BCUT2D eigenvalue weighted by atomic mass is 9.95. The molecule has 5 heteroatoms. The maximum Gasteiger partial charge on any atom is 0.409 e. The topological polar surface area (TPSA) is 61.4 Å². The number of amides is 1. The Balaban J connectivity index is 2.26. The zero-order valence-electron chi connectivity index (χ0n) is 10.1. The summed E-state index contributed by atoms with van der Waals surface area (Å²) in [5, 5.41) is 16.6. The summed E-state index contributed by atoms with van der Waals surface area (Å²) >= 11 is 6.01. The third-order valence-electron chi connectivity index (χ3n) is 3.46. The number of fused-ring (bicyclic) bond motifs is 3. The van der Waals surface area contributed by atoms with Gasteiger partial charge >= 0.3 is 6.09 Å². The quantitative estimate of drug-likeness (QED) is 0.733. The number of alkyl halides is 1. The fourth-order valence-corrected chi connectivity index (χ4v) is 2.93. The highest BCUT2D eigenvalue weighted by atomic mass is 35.5. The van der Waals surface area contributed by atoms with Crippen LogP contribution >= 0.6 is 11.6 Å². The number of halogens is 1. The van der Waals surface area contributed by atoms with E-state index in [0.717, 1.165) is 23.0 Å². The molecule has 4 nitrogen and oxygen atoms in total. The summed E-state index contributed by atoms with van der Waals surface area (Å²) in [5.41, 5.74) is 2.75. The lowest BCUT2D eigenvalue weighted by Crippen LogP contribution is -2.08. The van der Waals surface area contributed by atoms with Crippen LogP contribution in [-0.4, -0.2) is 23.6 Å². The zero-order chi connectivity index (χ0) is 13.4. The molecule has 0 saturated heterocycles. The molecule has 1 aliphatic heterocycles. The SMILES string of the molecule is O=C(O)Nc1cc2c(c3ccccc13)C(CCl)CN2. The molecule has 98 valence electrons. The Labute approximate surface area is 115 Å². The Bertz CT molecular complexity index is 657. The van der Waals surface area contributed by atoms with Crippen LogP contribution in [0.1, 0.15) is 11.5 Å². The van der Waals surface area contributed by atoms with Crippen LogP contribution in [0.4, 0.5) is 16.2 Å². The van der Waals surface area contributed by atoms with Crippen LogP contribution < -0.4 is 10.6 Å². The number of hydrogen-bond donors (Lipinski definition) is 3. The Morgan fingerprint density at radius 3 is 2.84 bits per heavy atom. The minimum Gasteiger partial charge on any atom is -0.465 e. The summed E-state index contributed by atoms with van der Waals surface area (Å²) in [6.07, 6.45) is -1.06. The summed E-state index contributed by atoms with van der Waals surface area (Å²) in [7, 11) is 0. The van der Waals surface area contributed by atoms with E-state index >= 15 is 0 Å². The molecule has 1 aliphatic rings. The molecule has 3 N–H and O–H groups in total. The highest BCUT2D eigenvalue weighted by Crippen LogP contribution is 2.41. The zero-order valence-corrected chi connectivity index (χ0v) is 10.9. The van der Waals surface area contributed by atoms with E-state index in [9.17, 15) is 4.79 Å². The number of rotatable bonds is 2. The molecule has 19 heavy (non-hydrogen) atoms. The predicted octanol–water partition coefficient (Wildman–Crippen LogP) is 3.68. The molecule has 1 unspecified atom stereocenters. The molecule has 2 aromatic rings. The Morgan fingerprint density at radius 1 is 1.42 bits per heavy atom. The molecule has 3 rings (SSSR count). The van der Waals surface area contributed by atoms with Gasteiger partial charge in [-0.3, -0.25) is 5.32 Å². The van der Waals surface area contributed by atoms with Crippen LogP contribution in [0.2, 0.25) is 0 Å². The second-order valence-corrected chi connectivity index (χ2v) is 4.90. The van der Waals surface area contributed by atoms with Crippen molar-refractivity contribution in [2.45, 2.75) is 5.92 Å². The van der Waals surface area contributed by atoms with E-state index in [1.807, 2.05) is 30.3 Å². The van der Waals surface area contributed by atoms with E-state index in [1.165, 1.54) is 5.56 Å². The Hall–Kier alpha value is -1.94. The van der Waals surface area contributed by atoms with Gasteiger partial charge in [-0.1, -0.05) is 24.3 Å². The van der Waals surface area contributed by atoms with Crippen LogP contribution in [0.25, 0.3) is 10.8 Å². The maximum atomic E-state index is 10.9. The normalized spacial score (nSPS) is 17.0. The first kappa shape index (κ1) is 12.1. The number of benzene rings is 2. The molecule has 1 atom stereocenters. The lowest BCUT2D eigenvalue weighted by Gasteiger charge is -2.13. The number of nitrogens with one attached hydrogen (secondary N) is 2. The minimum absolute atomic E-state index is 0.264. The molecule has 0 saturated carbocycles. The van der Waals surface area contributed by atoms with Crippen molar-refractivity contribution >= 4 is 39.8 Å². The molecule has 0 aliphatic carbocycles. The highest BCUT2D eigenvalue weighted by molar-refractivity contribution is 6.19. The van der Waals surface area contributed by atoms with Crippen molar-refractivity contribution < 1.29 is 9.90 Å². The summed E-state index contributed by atoms with van der Waals surface area (Å²) in [6, 6.07) is 9.63. The minimum atomic E-state index is -1.06.